The predicted molar refractivity (Wildman–Crippen MR) is 96.2 cm³/mol. The Morgan fingerprint density at radius 3 is 2.74 bits per heavy atom. The number of carbonyl (C=O) groups is 1. The fourth-order valence-electron chi connectivity index (χ4n) is 2.13. The van der Waals surface area contributed by atoms with Crippen molar-refractivity contribution in [2.75, 3.05) is 26.4 Å². The summed E-state index contributed by atoms with van der Waals surface area (Å²) in [6.07, 6.45) is 0. The zero-order valence-corrected chi connectivity index (χ0v) is 15.6. The van der Waals surface area contributed by atoms with Crippen LogP contribution in [0.4, 0.5) is 0 Å². The van der Waals surface area contributed by atoms with Crippen LogP contribution in [0.25, 0.3) is 0 Å². The fraction of sp³-hybridized carbons (Fsp3) is 0.500. The summed E-state index contributed by atoms with van der Waals surface area (Å²) in [4.78, 5) is 19.3. The van der Waals surface area contributed by atoms with Gasteiger partial charge < -0.3 is 14.6 Å². The normalized spacial score (nSPS) is 11.2. The maximum Gasteiger partial charge on any atom is 0.271 e. The number of nitrogens with zero attached hydrogens (tertiary/aromatic N) is 2. The second kappa shape index (κ2) is 8.52. The number of thioether (sulfide) groups is 1. The quantitative estimate of drug-likeness (QED) is 0.739. The highest BCUT2D eigenvalue weighted by Crippen LogP contribution is 2.17. The highest BCUT2D eigenvalue weighted by Gasteiger charge is 2.13. The lowest BCUT2D eigenvalue weighted by molar-refractivity contribution is 0.0951. The van der Waals surface area contributed by atoms with Crippen LogP contribution in [-0.2, 0) is 12.3 Å². The van der Waals surface area contributed by atoms with E-state index >= 15 is 0 Å². The van der Waals surface area contributed by atoms with Crippen LogP contribution in [0.1, 0.15) is 31.9 Å². The number of aromatic nitrogens is 1. The fourth-order valence-corrected chi connectivity index (χ4v) is 3.69. The first kappa shape index (κ1) is 18.0. The second-order valence-electron chi connectivity index (χ2n) is 5.55. The molecule has 0 aliphatic carbocycles. The SMILES string of the molecule is Cc1nc(C(=O)NCCSCc2ccc(CN(C)C)o2)c(C)s1. The van der Waals surface area contributed by atoms with E-state index in [-0.39, 0.29) is 5.91 Å². The summed E-state index contributed by atoms with van der Waals surface area (Å²) in [5.74, 6) is 3.53. The van der Waals surface area contributed by atoms with E-state index in [9.17, 15) is 4.79 Å². The van der Waals surface area contributed by atoms with Gasteiger partial charge in [0.15, 0.2) is 0 Å². The number of furan rings is 1. The molecule has 0 aromatic carbocycles. The molecular formula is C16H23N3O2S2. The van der Waals surface area contributed by atoms with Gasteiger partial charge in [-0.25, -0.2) is 4.98 Å². The topological polar surface area (TPSA) is 58.4 Å². The summed E-state index contributed by atoms with van der Waals surface area (Å²) < 4.78 is 5.75. The van der Waals surface area contributed by atoms with Gasteiger partial charge in [-0.1, -0.05) is 0 Å². The predicted octanol–water partition coefficient (Wildman–Crippen LogP) is 3.08. The zero-order valence-electron chi connectivity index (χ0n) is 14.0. The van der Waals surface area contributed by atoms with Crippen LogP contribution >= 0.6 is 23.1 Å². The summed E-state index contributed by atoms with van der Waals surface area (Å²) in [6, 6.07) is 4.04. The van der Waals surface area contributed by atoms with Crippen molar-refractivity contribution in [3.8, 4) is 0 Å². The standard InChI is InChI=1S/C16H23N3O2S2/c1-11-15(18-12(2)23-11)16(20)17-7-8-22-10-14-6-5-13(21-14)9-19(3)4/h5-6H,7-10H2,1-4H3,(H,17,20). The molecule has 0 aliphatic rings. The molecule has 0 aliphatic heterocycles. The second-order valence-corrected chi connectivity index (χ2v) is 8.06. The van der Waals surface area contributed by atoms with Crippen LogP contribution in [-0.4, -0.2) is 42.2 Å². The molecule has 0 unspecified atom stereocenters. The molecular weight excluding hydrogens is 330 g/mol. The molecule has 5 nitrogen and oxygen atoms in total. The van der Waals surface area contributed by atoms with Crippen molar-refractivity contribution in [3.63, 3.8) is 0 Å². The molecule has 1 N–H and O–H groups in total. The molecule has 0 saturated heterocycles. The highest BCUT2D eigenvalue weighted by molar-refractivity contribution is 7.98. The molecule has 2 aromatic heterocycles. The molecule has 7 heteroatoms. The van der Waals surface area contributed by atoms with Crippen molar-refractivity contribution in [3.05, 3.63) is 39.2 Å². The molecule has 23 heavy (non-hydrogen) atoms. The smallest absolute Gasteiger partial charge is 0.271 e. The molecule has 126 valence electrons. The van der Waals surface area contributed by atoms with E-state index in [0.29, 0.717) is 12.2 Å². The van der Waals surface area contributed by atoms with Crippen molar-refractivity contribution >= 4 is 29.0 Å². The Bertz CT molecular complexity index is 650. The van der Waals surface area contributed by atoms with Crippen LogP contribution in [0.2, 0.25) is 0 Å². The molecule has 2 aromatic rings. The number of rotatable bonds is 8. The lowest BCUT2D eigenvalue weighted by Crippen LogP contribution is -2.26. The third-order valence-electron chi connectivity index (χ3n) is 3.08. The van der Waals surface area contributed by atoms with E-state index in [4.69, 9.17) is 4.42 Å². The van der Waals surface area contributed by atoms with Crippen molar-refractivity contribution in [2.45, 2.75) is 26.1 Å². The average Bonchev–Trinajstić information content (AvgIpc) is 3.04. The highest BCUT2D eigenvalue weighted by atomic mass is 32.2. The minimum atomic E-state index is -0.0845. The Morgan fingerprint density at radius 1 is 1.35 bits per heavy atom. The maximum atomic E-state index is 12.0. The molecule has 2 rings (SSSR count). The Balaban J connectivity index is 1.67. The van der Waals surface area contributed by atoms with E-state index in [1.54, 1.807) is 23.1 Å². The molecule has 1 amide bonds. The number of carbonyl (C=O) groups excluding carboxylic acids is 1. The number of aryl methyl sites for hydroxylation is 2. The Kier molecular flexibility index (Phi) is 6.68. The third-order valence-corrected chi connectivity index (χ3v) is 4.95. The lowest BCUT2D eigenvalue weighted by Gasteiger charge is -2.06. The lowest BCUT2D eigenvalue weighted by atomic mass is 10.3. The van der Waals surface area contributed by atoms with Gasteiger partial charge in [-0.2, -0.15) is 11.8 Å². The number of hydrogen-bond donors (Lipinski definition) is 1. The molecule has 0 radical (unpaired) electrons. The summed E-state index contributed by atoms with van der Waals surface area (Å²) in [6.45, 7) is 5.28. The first-order valence-electron chi connectivity index (χ1n) is 7.48. The van der Waals surface area contributed by atoms with E-state index in [1.165, 1.54) is 0 Å². The van der Waals surface area contributed by atoms with Crippen LogP contribution < -0.4 is 5.32 Å². The summed E-state index contributed by atoms with van der Waals surface area (Å²) in [7, 11) is 4.04. The monoisotopic (exact) mass is 353 g/mol. The summed E-state index contributed by atoms with van der Waals surface area (Å²) >= 11 is 3.30. The number of hydrogen-bond acceptors (Lipinski definition) is 6. The summed E-state index contributed by atoms with van der Waals surface area (Å²) in [5.41, 5.74) is 0.553. The van der Waals surface area contributed by atoms with Crippen molar-refractivity contribution in [1.29, 1.82) is 0 Å². The molecule has 0 spiro atoms. The molecule has 0 atom stereocenters. The van der Waals surface area contributed by atoms with Gasteiger partial charge in [-0.05, 0) is 40.1 Å². The van der Waals surface area contributed by atoms with Crippen LogP contribution in [0.15, 0.2) is 16.5 Å². The van der Waals surface area contributed by atoms with Gasteiger partial charge in [0.1, 0.15) is 17.2 Å². The largest absolute Gasteiger partial charge is 0.464 e. The van der Waals surface area contributed by atoms with Crippen molar-refractivity contribution in [2.24, 2.45) is 0 Å². The van der Waals surface area contributed by atoms with Crippen molar-refractivity contribution < 1.29 is 9.21 Å². The Labute approximate surface area is 145 Å². The van der Waals surface area contributed by atoms with E-state index in [1.807, 2.05) is 40.1 Å². The van der Waals surface area contributed by atoms with Gasteiger partial charge in [0, 0.05) is 17.2 Å². The van der Waals surface area contributed by atoms with Crippen LogP contribution in [0, 0.1) is 13.8 Å². The number of nitrogens with one attached hydrogen (secondary N) is 1. The molecule has 0 fully saturated rings. The number of thiazole rings is 1. The van der Waals surface area contributed by atoms with E-state index in [0.717, 1.165) is 39.5 Å². The van der Waals surface area contributed by atoms with Crippen LogP contribution in [0.5, 0.6) is 0 Å². The minimum absolute atomic E-state index is 0.0845. The first-order valence-corrected chi connectivity index (χ1v) is 9.45. The minimum Gasteiger partial charge on any atom is -0.464 e. The maximum absolute atomic E-state index is 12.0. The Morgan fingerprint density at radius 2 is 2.09 bits per heavy atom. The average molecular weight is 354 g/mol. The van der Waals surface area contributed by atoms with Gasteiger partial charge in [0.2, 0.25) is 0 Å². The van der Waals surface area contributed by atoms with Gasteiger partial charge in [0.25, 0.3) is 5.91 Å². The molecule has 2 heterocycles. The van der Waals surface area contributed by atoms with Crippen molar-refractivity contribution in [1.82, 2.24) is 15.2 Å². The first-order chi connectivity index (χ1) is 11.0. The zero-order chi connectivity index (χ0) is 16.8. The van der Waals surface area contributed by atoms with Crippen LogP contribution in [0.3, 0.4) is 0 Å². The van der Waals surface area contributed by atoms with E-state index < -0.39 is 0 Å². The van der Waals surface area contributed by atoms with Gasteiger partial charge in [-0.3, -0.25) is 4.79 Å². The molecule has 0 saturated carbocycles. The molecule has 0 bridgehead atoms. The third kappa shape index (κ3) is 5.67. The number of amides is 1. The van der Waals surface area contributed by atoms with Gasteiger partial charge >= 0.3 is 0 Å². The van der Waals surface area contributed by atoms with Gasteiger partial charge in [-0.15, -0.1) is 11.3 Å². The Hall–Kier alpha value is -1.31. The van der Waals surface area contributed by atoms with E-state index in [2.05, 4.69) is 15.2 Å². The summed E-state index contributed by atoms with van der Waals surface area (Å²) in [5, 5.41) is 3.84. The van der Waals surface area contributed by atoms with Gasteiger partial charge in [0.05, 0.1) is 17.3 Å².